The van der Waals surface area contributed by atoms with Crippen LogP contribution in [0.25, 0.3) is 44.4 Å². The van der Waals surface area contributed by atoms with Gasteiger partial charge in [0, 0.05) is 12.0 Å². The van der Waals surface area contributed by atoms with Crippen molar-refractivity contribution in [2.24, 2.45) is 0 Å². The van der Waals surface area contributed by atoms with Gasteiger partial charge in [0.05, 0.1) is 34.8 Å². The van der Waals surface area contributed by atoms with Gasteiger partial charge in [-0.15, -0.1) is 0 Å². The lowest BCUT2D eigenvalue weighted by atomic mass is 9.65. The monoisotopic (exact) mass is 764 g/mol. The summed E-state index contributed by atoms with van der Waals surface area (Å²) in [4.78, 5) is 16.6. The third-order valence-corrected chi connectivity index (χ3v) is 12.7. The lowest BCUT2D eigenvalue weighted by Crippen LogP contribution is -2.48. The Kier molecular flexibility index (Phi) is 8.02. The van der Waals surface area contributed by atoms with E-state index in [1.807, 2.05) is 48.5 Å². The molecule has 1 aliphatic carbocycles. The maximum Gasteiger partial charge on any atom is 0.298 e. The van der Waals surface area contributed by atoms with Gasteiger partial charge in [0.25, 0.3) is 11.5 Å². The molecule has 9 aromatic rings. The predicted molar refractivity (Wildman–Crippen MR) is 238 cm³/mol. The van der Waals surface area contributed by atoms with Gasteiger partial charge in [0.2, 0.25) is 5.43 Å². The second kappa shape index (κ2) is 13.5. The Morgan fingerprint density at radius 1 is 0.542 bits per heavy atom. The molecule has 2 unspecified atom stereocenters. The number of fused-ring (bicyclic) bond motifs is 11. The Bertz CT molecular complexity index is 3170. The van der Waals surface area contributed by atoms with Crippen molar-refractivity contribution in [3.63, 3.8) is 0 Å². The van der Waals surface area contributed by atoms with Crippen LogP contribution in [0.15, 0.2) is 193 Å². The molecule has 5 nitrogen and oxygen atoms in total. The van der Waals surface area contributed by atoms with E-state index in [2.05, 4.69) is 179 Å². The quantitative estimate of drug-likeness (QED) is 0.125. The topological polar surface area (TPSA) is 33.0 Å². The number of pyridine rings is 3. The number of hydrogen-bond acceptors (Lipinski definition) is 2. The Hall–Kier alpha value is -7.11. The fraction of sp³-hybridized carbons (Fsp3) is 0.130. The molecule has 0 radical (unpaired) electrons. The molecule has 4 heterocycles. The minimum Gasteiger partial charge on any atom is -0.288 e. The number of nitrogens with zero attached hydrogens (tertiary/aromatic N) is 4. The Morgan fingerprint density at radius 3 is 1.92 bits per heavy atom. The average Bonchev–Trinajstić information content (AvgIpc) is 3.56. The van der Waals surface area contributed by atoms with Crippen molar-refractivity contribution >= 4 is 33.4 Å². The lowest BCUT2D eigenvalue weighted by Gasteiger charge is -2.42. The van der Waals surface area contributed by atoms with Crippen LogP contribution in [0.3, 0.4) is 0 Å². The zero-order chi connectivity index (χ0) is 39.8. The lowest BCUT2D eigenvalue weighted by molar-refractivity contribution is -0.583. The van der Waals surface area contributed by atoms with Crippen molar-refractivity contribution in [2.45, 2.75) is 44.7 Å². The molecule has 59 heavy (non-hydrogen) atoms. The maximum absolute atomic E-state index is 14.1. The molecule has 1 spiro atoms. The van der Waals surface area contributed by atoms with Gasteiger partial charge in [-0.1, -0.05) is 109 Å². The van der Waals surface area contributed by atoms with Crippen LogP contribution in [-0.4, -0.2) is 10.6 Å². The molecule has 0 amide bonds. The summed E-state index contributed by atoms with van der Waals surface area (Å²) in [7, 11) is 0. The molecule has 2 atom stereocenters. The average molecular weight is 765 g/mol. The second-order valence-electron chi connectivity index (χ2n) is 16.3. The number of anilines is 2. The standard InChI is InChI=1S/C54H44N4O/c1-36(2)57-50-29-15-13-26-47(50)54(48-27-17-33-56(53(48)57)40-20-8-5-9-21-40)45-25-12-10-22-41(45)44-35-38(30-31-46(44)54)34-37(3)58-49-28-14-11-23-42(49)51(59)43-24-16-32-55(52(43)58)39-18-6-4-7-19-39/h4-33,35-37H,34H2,1-3H3/q+2. The van der Waals surface area contributed by atoms with Crippen LogP contribution >= 0.6 is 0 Å². The van der Waals surface area contributed by atoms with Crippen molar-refractivity contribution in [1.29, 1.82) is 0 Å². The van der Waals surface area contributed by atoms with Crippen molar-refractivity contribution < 1.29 is 9.13 Å². The molecule has 5 heteroatoms. The van der Waals surface area contributed by atoms with Crippen LogP contribution in [-0.2, 0) is 11.8 Å². The first-order valence-corrected chi connectivity index (χ1v) is 20.7. The SMILES string of the molecule is CC(C)N1c2ccccc2C2(c3ccccc3-c3cc(CC(C)n4c5ccccc5c(=O)c5ccc[n+](-c6ccccc6)c54)ccc32)c2ccc[n+](-c3ccccc3)c21. The van der Waals surface area contributed by atoms with Crippen LogP contribution in [0.4, 0.5) is 11.5 Å². The molecule has 2 aliphatic rings. The summed E-state index contributed by atoms with van der Waals surface area (Å²) in [5.41, 5.74) is 13.7. The summed E-state index contributed by atoms with van der Waals surface area (Å²) in [6.07, 6.45) is 5.06. The molecular weight excluding hydrogens is 721 g/mol. The van der Waals surface area contributed by atoms with E-state index < -0.39 is 5.41 Å². The van der Waals surface area contributed by atoms with E-state index >= 15 is 0 Å². The van der Waals surface area contributed by atoms with E-state index in [1.165, 1.54) is 50.4 Å². The Morgan fingerprint density at radius 2 is 1.14 bits per heavy atom. The van der Waals surface area contributed by atoms with Gasteiger partial charge >= 0.3 is 0 Å². The molecule has 11 rings (SSSR count). The van der Waals surface area contributed by atoms with Crippen LogP contribution < -0.4 is 19.5 Å². The van der Waals surface area contributed by atoms with Gasteiger partial charge in [0.15, 0.2) is 0 Å². The smallest absolute Gasteiger partial charge is 0.288 e. The van der Waals surface area contributed by atoms with Gasteiger partial charge in [-0.05, 0) is 115 Å². The highest BCUT2D eigenvalue weighted by Crippen LogP contribution is 2.62. The summed E-state index contributed by atoms with van der Waals surface area (Å²) in [5, 5.41) is 1.45. The van der Waals surface area contributed by atoms with E-state index in [9.17, 15) is 4.79 Å². The normalized spacial score (nSPS) is 15.6. The van der Waals surface area contributed by atoms with Gasteiger partial charge in [-0.2, -0.15) is 9.13 Å². The summed E-state index contributed by atoms with van der Waals surface area (Å²) in [6, 6.07) is 63.2. The molecule has 0 saturated carbocycles. The number of benzene rings is 6. The van der Waals surface area contributed by atoms with Gasteiger partial charge in [0.1, 0.15) is 34.0 Å². The highest BCUT2D eigenvalue weighted by Gasteiger charge is 2.55. The molecule has 0 bridgehead atoms. The summed E-state index contributed by atoms with van der Waals surface area (Å²) < 4.78 is 6.94. The Labute approximate surface area is 344 Å². The molecular formula is C54H44N4O+2. The number of rotatable bonds is 6. The van der Waals surface area contributed by atoms with Crippen molar-refractivity contribution in [3.8, 4) is 22.5 Å². The number of para-hydroxylation sites is 4. The molecule has 1 aliphatic heterocycles. The van der Waals surface area contributed by atoms with Crippen molar-refractivity contribution in [2.75, 3.05) is 4.90 Å². The molecule has 284 valence electrons. The second-order valence-corrected chi connectivity index (χ2v) is 16.3. The van der Waals surface area contributed by atoms with Gasteiger partial charge in [-0.25, -0.2) is 9.47 Å². The summed E-state index contributed by atoms with van der Waals surface area (Å²) in [6.45, 7) is 6.88. The van der Waals surface area contributed by atoms with E-state index in [0.717, 1.165) is 34.3 Å². The summed E-state index contributed by atoms with van der Waals surface area (Å²) >= 11 is 0. The third kappa shape index (κ3) is 5.07. The number of hydrogen-bond donors (Lipinski definition) is 0. The maximum atomic E-state index is 14.1. The van der Waals surface area contributed by atoms with Crippen LogP contribution in [0, 0.1) is 0 Å². The van der Waals surface area contributed by atoms with Crippen LogP contribution in [0.5, 0.6) is 0 Å². The first-order valence-electron chi connectivity index (χ1n) is 20.7. The number of aromatic nitrogens is 3. The van der Waals surface area contributed by atoms with Crippen molar-refractivity contribution in [3.05, 3.63) is 226 Å². The van der Waals surface area contributed by atoms with Crippen molar-refractivity contribution in [1.82, 2.24) is 4.57 Å². The highest BCUT2D eigenvalue weighted by atomic mass is 16.1. The van der Waals surface area contributed by atoms with Crippen LogP contribution in [0.2, 0.25) is 0 Å². The Balaban J connectivity index is 1.12. The molecule has 6 aromatic carbocycles. The fourth-order valence-electron chi connectivity index (χ4n) is 10.4. The van der Waals surface area contributed by atoms with E-state index in [0.29, 0.717) is 5.39 Å². The molecule has 0 saturated heterocycles. The minimum atomic E-state index is -0.530. The van der Waals surface area contributed by atoms with Gasteiger partial charge < -0.3 is 0 Å². The zero-order valence-electron chi connectivity index (χ0n) is 33.5. The van der Waals surface area contributed by atoms with E-state index in [4.69, 9.17) is 0 Å². The molecule has 0 N–H and O–H groups in total. The first-order chi connectivity index (χ1) is 29.0. The highest BCUT2D eigenvalue weighted by molar-refractivity contribution is 5.93. The largest absolute Gasteiger partial charge is 0.298 e. The van der Waals surface area contributed by atoms with E-state index in [-0.39, 0.29) is 17.5 Å². The third-order valence-electron chi connectivity index (χ3n) is 12.7. The predicted octanol–water partition coefficient (Wildman–Crippen LogP) is 10.7. The molecule has 0 fully saturated rings. The minimum absolute atomic E-state index is 0.0181. The molecule has 3 aromatic heterocycles. The van der Waals surface area contributed by atoms with Crippen LogP contribution in [0.1, 0.15) is 54.6 Å². The zero-order valence-corrected chi connectivity index (χ0v) is 33.5. The summed E-state index contributed by atoms with van der Waals surface area (Å²) in [5.74, 6) is 1.19. The van der Waals surface area contributed by atoms with Gasteiger partial charge in [-0.3, -0.25) is 4.79 Å². The van der Waals surface area contributed by atoms with E-state index in [1.54, 1.807) is 0 Å². The first kappa shape index (κ1) is 35.1. The fourth-order valence-corrected chi connectivity index (χ4v) is 10.4.